The molecule has 1 aliphatic heterocycles. The number of benzene rings is 1. The molecule has 0 saturated heterocycles. The summed E-state index contributed by atoms with van der Waals surface area (Å²) in [5, 5.41) is 11.5. The normalized spacial score (nSPS) is 14.0. The zero-order valence-corrected chi connectivity index (χ0v) is 14.6. The molecule has 25 heavy (non-hydrogen) atoms. The van der Waals surface area contributed by atoms with Gasteiger partial charge in [0.15, 0.2) is 11.5 Å². The van der Waals surface area contributed by atoms with Crippen molar-refractivity contribution in [2.24, 2.45) is 0 Å². The molecule has 0 aliphatic carbocycles. The highest BCUT2D eigenvalue weighted by molar-refractivity contribution is 7.17. The van der Waals surface area contributed by atoms with Gasteiger partial charge in [0.05, 0.1) is 4.88 Å². The van der Waals surface area contributed by atoms with Gasteiger partial charge in [-0.25, -0.2) is 0 Å². The fourth-order valence-electron chi connectivity index (χ4n) is 2.52. The average Bonchev–Trinajstić information content (AvgIpc) is 3.10. The van der Waals surface area contributed by atoms with Gasteiger partial charge in [0.2, 0.25) is 0 Å². The molecule has 132 valence electrons. The zero-order valence-electron chi connectivity index (χ0n) is 13.8. The molecule has 3 rings (SSSR count). The van der Waals surface area contributed by atoms with E-state index in [-0.39, 0.29) is 18.4 Å². The van der Waals surface area contributed by atoms with Gasteiger partial charge in [0, 0.05) is 17.3 Å². The summed E-state index contributed by atoms with van der Waals surface area (Å²) < 4.78 is 11.1. The molecule has 0 saturated carbocycles. The smallest absolute Gasteiger partial charge is 0.303 e. The van der Waals surface area contributed by atoms with Crippen molar-refractivity contribution < 1.29 is 24.2 Å². The van der Waals surface area contributed by atoms with Gasteiger partial charge in [-0.1, -0.05) is 0 Å². The number of carbonyl (C=O) groups is 2. The maximum atomic E-state index is 12.3. The molecule has 0 bridgehead atoms. The lowest BCUT2D eigenvalue weighted by Gasteiger charge is -2.18. The molecule has 0 spiro atoms. The van der Waals surface area contributed by atoms with Crippen LogP contribution >= 0.6 is 11.3 Å². The Morgan fingerprint density at radius 2 is 1.96 bits per heavy atom. The Morgan fingerprint density at radius 1 is 1.20 bits per heavy atom. The molecule has 1 aromatic carbocycles. The number of carboxylic acids is 1. The third kappa shape index (κ3) is 4.30. The van der Waals surface area contributed by atoms with Crippen molar-refractivity contribution in [3.05, 3.63) is 35.2 Å². The Bertz CT molecular complexity index is 786. The summed E-state index contributed by atoms with van der Waals surface area (Å²) in [6, 6.07) is 9.21. The predicted molar refractivity (Wildman–Crippen MR) is 94.5 cm³/mol. The fourth-order valence-corrected chi connectivity index (χ4v) is 3.42. The van der Waals surface area contributed by atoms with E-state index in [0.717, 1.165) is 16.2 Å². The maximum Gasteiger partial charge on any atom is 0.303 e. The topological polar surface area (TPSA) is 84.9 Å². The van der Waals surface area contributed by atoms with Gasteiger partial charge in [-0.15, -0.1) is 11.3 Å². The van der Waals surface area contributed by atoms with E-state index in [1.54, 1.807) is 13.0 Å². The maximum absolute atomic E-state index is 12.3. The summed E-state index contributed by atoms with van der Waals surface area (Å²) in [5.41, 5.74) is 0.965. The molecule has 2 aromatic rings. The first kappa shape index (κ1) is 17.3. The van der Waals surface area contributed by atoms with Crippen LogP contribution in [0.2, 0.25) is 0 Å². The van der Waals surface area contributed by atoms with Crippen molar-refractivity contribution in [1.82, 2.24) is 5.32 Å². The van der Waals surface area contributed by atoms with Crippen LogP contribution in [0.25, 0.3) is 10.4 Å². The van der Waals surface area contributed by atoms with Crippen molar-refractivity contribution in [2.75, 3.05) is 13.2 Å². The van der Waals surface area contributed by atoms with Gasteiger partial charge < -0.3 is 19.9 Å². The third-order valence-corrected chi connectivity index (χ3v) is 4.96. The zero-order chi connectivity index (χ0) is 17.8. The van der Waals surface area contributed by atoms with Crippen LogP contribution in [0.15, 0.2) is 30.3 Å². The second-order valence-electron chi connectivity index (χ2n) is 5.83. The first-order valence-electron chi connectivity index (χ1n) is 8.05. The first-order valence-corrected chi connectivity index (χ1v) is 8.87. The fraction of sp³-hybridized carbons (Fsp3) is 0.333. The van der Waals surface area contributed by atoms with Gasteiger partial charge in [-0.05, 0) is 49.2 Å². The van der Waals surface area contributed by atoms with Crippen LogP contribution in [0.1, 0.15) is 29.4 Å². The molecular weight excluding hydrogens is 342 g/mol. The molecule has 1 amide bonds. The number of carbonyl (C=O) groups excluding carboxylic acids is 1. The summed E-state index contributed by atoms with van der Waals surface area (Å²) in [5.74, 6) is 0.395. The van der Waals surface area contributed by atoms with Crippen LogP contribution in [-0.2, 0) is 4.79 Å². The standard InChI is InChI=1S/C18H19NO5S/c1-11(2-7-17(20)21)19-18(22)16-6-5-15(25-16)12-3-4-13-14(10-12)24-9-8-23-13/h3-6,10-11H,2,7-9H2,1H3,(H,19,22)(H,20,21). The highest BCUT2D eigenvalue weighted by Crippen LogP contribution is 2.36. The molecule has 0 radical (unpaired) electrons. The van der Waals surface area contributed by atoms with E-state index >= 15 is 0 Å². The number of amides is 1. The highest BCUT2D eigenvalue weighted by Gasteiger charge is 2.16. The van der Waals surface area contributed by atoms with E-state index in [2.05, 4.69) is 5.32 Å². The van der Waals surface area contributed by atoms with E-state index in [1.807, 2.05) is 24.3 Å². The largest absolute Gasteiger partial charge is 0.486 e. The van der Waals surface area contributed by atoms with Gasteiger partial charge >= 0.3 is 5.97 Å². The Kier molecular flexibility index (Phi) is 5.23. The molecule has 2 N–H and O–H groups in total. The molecule has 0 fully saturated rings. The Labute approximate surface area is 149 Å². The molecule has 1 aliphatic rings. The molecular formula is C18H19NO5S. The van der Waals surface area contributed by atoms with Crippen molar-refractivity contribution in [1.29, 1.82) is 0 Å². The first-order chi connectivity index (χ1) is 12.0. The summed E-state index contributed by atoms with van der Waals surface area (Å²) >= 11 is 1.39. The molecule has 1 aromatic heterocycles. The van der Waals surface area contributed by atoms with Crippen LogP contribution in [0.5, 0.6) is 11.5 Å². The van der Waals surface area contributed by atoms with Crippen LogP contribution in [0, 0.1) is 0 Å². The van der Waals surface area contributed by atoms with E-state index in [0.29, 0.717) is 30.3 Å². The quantitative estimate of drug-likeness (QED) is 0.825. The van der Waals surface area contributed by atoms with Crippen molar-refractivity contribution >= 4 is 23.2 Å². The summed E-state index contributed by atoms with van der Waals surface area (Å²) in [6.45, 7) is 2.88. The van der Waals surface area contributed by atoms with Crippen LogP contribution in [-0.4, -0.2) is 36.2 Å². The number of ether oxygens (including phenoxy) is 2. The van der Waals surface area contributed by atoms with Gasteiger partial charge in [-0.2, -0.15) is 0 Å². The molecule has 7 heteroatoms. The Morgan fingerprint density at radius 3 is 2.72 bits per heavy atom. The number of thiophene rings is 1. The second kappa shape index (κ2) is 7.57. The van der Waals surface area contributed by atoms with E-state index < -0.39 is 5.97 Å². The van der Waals surface area contributed by atoms with Crippen LogP contribution < -0.4 is 14.8 Å². The second-order valence-corrected chi connectivity index (χ2v) is 6.91. The SMILES string of the molecule is CC(CCC(=O)O)NC(=O)c1ccc(-c2ccc3c(c2)OCCO3)s1. The predicted octanol–water partition coefficient (Wildman–Crippen LogP) is 3.17. The van der Waals surface area contributed by atoms with Gasteiger partial charge in [0.1, 0.15) is 13.2 Å². The lowest BCUT2D eigenvalue weighted by atomic mass is 10.1. The number of carboxylic acid groups (broad SMARTS) is 1. The molecule has 1 unspecified atom stereocenters. The van der Waals surface area contributed by atoms with E-state index in [9.17, 15) is 9.59 Å². The Hall–Kier alpha value is -2.54. The lowest BCUT2D eigenvalue weighted by Crippen LogP contribution is -2.32. The monoisotopic (exact) mass is 361 g/mol. The summed E-state index contributed by atoms with van der Waals surface area (Å²) in [6.07, 6.45) is 0.440. The minimum atomic E-state index is -0.863. The molecule has 2 heterocycles. The van der Waals surface area contributed by atoms with Crippen LogP contribution in [0.3, 0.4) is 0 Å². The minimum absolute atomic E-state index is 0.0360. The Balaban J connectivity index is 1.67. The van der Waals surface area contributed by atoms with Crippen molar-refractivity contribution in [3.63, 3.8) is 0 Å². The number of rotatable bonds is 6. The molecule has 1 atom stereocenters. The minimum Gasteiger partial charge on any atom is -0.486 e. The summed E-state index contributed by atoms with van der Waals surface area (Å²) in [7, 11) is 0. The van der Waals surface area contributed by atoms with Crippen molar-refractivity contribution in [2.45, 2.75) is 25.8 Å². The lowest BCUT2D eigenvalue weighted by molar-refractivity contribution is -0.137. The van der Waals surface area contributed by atoms with Gasteiger partial charge in [0.25, 0.3) is 5.91 Å². The number of hydrogen-bond donors (Lipinski definition) is 2. The van der Waals surface area contributed by atoms with Crippen LogP contribution in [0.4, 0.5) is 0 Å². The number of fused-ring (bicyclic) bond motifs is 1. The molecule has 6 nitrogen and oxygen atoms in total. The number of aliphatic carboxylic acids is 1. The van der Waals surface area contributed by atoms with E-state index in [1.165, 1.54) is 11.3 Å². The summed E-state index contributed by atoms with van der Waals surface area (Å²) in [4.78, 5) is 24.4. The van der Waals surface area contributed by atoms with E-state index in [4.69, 9.17) is 14.6 Å². The van der Waals surface area contributed by atoms with Gasteiger partial charge in [-0.3, -0.25) is 9.59 Å². The average molecular weight is 361 g/mol. The third-order valence-electron chi connectivity index (χ3n) is 3.83. The van der Waals surface area contributed by atoms with Crippen molar-refractivity contribution in [3.8, 4) is 21.9 Å². The number of nitrogens with one attached hydrogen (secondary N) is 1. The highest BCUT2D eigenvalue weighted by atomic mass is 32.1. The number of hydrogen-bond acceptors (Lipinski definition) is 5.